The highest BCUT2D eigenvalue weighted by Gasteiger charge is 2.29. The Hall–Kier alpha value is -2.04. The molecule has 1 fully saturated rings. The molecule has 0 saturated carbocycles. The van der Waals surface area contributed by atoms with Crippen molar-refractivity contribution < 1.29 is 19.1 Å². The van der Waals surface area contributed by atoms with Crippen LogP contribution in [0.2, 0.25) is 0 Å². The number of nitrogens with zero attached hydrogens (tertiary/aromatic N) is 1. The average molecular weight is 319 g/mol. The summed E-state index contributed by atoms with van der Waals surface area (Å²) in [6, 6.07) is 3.78. The zero-order valence-electron chi connectivity index (χ0n) is 14.3. The van der Waals surface area contributed by atoms with E-state index >= 15 is 0 Å². The van der Waals surface area contributed by atoms with Crippen LogP contribution in [0.25, 0.3) is 0 Å². The van der Waals surface area contributed by atoms with Crippen LogP contribution >= 0.6 is 0 Å². The zero-order valence-corrected chi connectivity index (χ0v) is 14.3. The van der Waals surface area contributed by atoms with Gasteiger partial charge in [0.15, 0.2) is 0 Å². The number of benzene rings is 1. The third-order valence-corrected chi connectivity index (χ3v) is 4.45. The summed E-state index contributed by atoms with van der Waals surface area (Å²) in [4.78, 5) is 26.4. The molecular formula is C18H25NO4. The summed E-state index contributed by atoms with van der Waals surface area (Å²) >= 11 is 0. The molecule has 1 aromatic carbocycles. The van der Waals surface area contributed by atoms with Gasteiger partial charge < -0.3 is 14.4 Å². The highest BCUT2D eigenvalue weighted by atomic mass is 16.5. The van der Waals surface area contributed by atoms with Crippen molar-refractivity contribution >= 4 is 11.9 Å². The number of amides is 1. The first-order valence-corrected chi connectivity index (χ1v) is 8.09. The second-order valence-corrected chi connectivity index (χ2v) is 5.96. The molecule has 1 aromatic rings. The first-order valence-electron chi connectivity index (χ1n) is 8.09. The molecule has 2 rings (SSSR count). The van der Waals surface area contributed by atoms with Crippen molar-refractivity contribution in [3.8, 4) is 5.75 Å². The minimum absolute atomic E-state index is 0.0349. The predicted molar refractivity (Wildman–Crippen MR) is 87.7 cm³/mol. The minimum atomic E-state index is -0.150. The Morgan fingerprint density at radius 3 is 2.35 bits per heavy atom. The molecule has 0 aromatic heterocycles. The van der Waals surface area contributed by atoms with E-state index in [1.54, 1.807) is 12.0 Å². The van der Waals surface area contributed by atoms with Gasteiger partial charge in [-0.05, 0) is 56.9 Å². The van der Waals surface area contributed by atoms with Gasteiger partial charge in [0, 0.05) is 13.1 Å². The summed E-state index contributed by atoms with van der Waals surface area (Å²) < 4.78 is 10.4. The lowest BCUT2D eigenvalue weighted by molar-refractivity contribution is -0.149. The van der Waals surface area contributed by atoms with Crippen molar-refractivity contribution in [1.82, 2.24) is 4.90 Å². The summed E-state index contributed by atoms with van der Waals surface area (Å²) in [5, 5.41) is 0. The zero-order chi connectivity index (χ0) is 17.0. The maximum absolute atomic E-state index is 12.8. The lowest BCUT2D eigenvalue weighted by Crippen LogP contribution is -2.40. The van der Waals surface area contributed by atoms with E-state index in [2.05, 4.69) is 0 Å². The SMILES string of the molecule is CCOC(=O)C1CCN(C(=O)c2cc(C)c(C)cc2OC)CC1. The highest BCUT2D eigenvalue weighted by Crippen LogP contribution is 2.27. The number of ether oxygens (including phenoxy) is 2. The van der Waals surface area contributed by atoms with Crippen molar-refractivity contribution in [2.24, 2.45) is 5.92 Å². The first-order chi connectivity index (χ1) is 11.0. The molecule has 1 aliphatic heterocycles. The number of carbonyl (C=O) groups excluding carboxylic acids is 2. The highest BCUT2D eigenvalue weighted by molar-refractivity contribution is 5.97. The van der Waals surface area contributed by atoms with Crippen LogP contribution in [0.4, 0.5) is 0 Å². The summed E-state index contributed by atoms with van der Waals surface area (Å²) in [7, 11) is 1.58. The van der Waals surface area contributed by atoms with Crippen molar-refractivity contribution in [3.63, 3.8) is 0 Å². The monoisotopic (exact) mass is 319 g/mol. The maximum atomic E-state index is 12.8. The average Bonchev–Trinajstić information content (AvgIpc) is 2.56. The molecule has 0 unspecified atom stereocenters. The van der Waals surface area contributed by atoms with E-state index in [-0.39, 0.29) is 17.8 Å². The number of aryl methyl sites for hydroxylation is 2. The molecule has 1 saturated heterocycles. The molecule has 1 amide bonds. The lowest BCUT2D eigenvalue weighted by atomic mass is 9.96. The van der Waals surface area contributed by atoms with Crippen LogP contribution in [-0.2, 0) is 9.53 Å². The van der Waals surface area contributed by atoms with Crippen molar-refractivity contribution in [2.45, 2.75) is 33.6 Å². The molecule has 0 aliphatic carbocycles. The Balaban J connectivity index is 2.08. The fraction of sp³-hybridized carbons (Fsp3) is 0.556. The van der Waals surface area contributed by atoms with E-state index in [1.807, 2.05) is 32.9 Å². The fourth-order valence-corrected chi connectivity index (χ4v) is 2.87. The first kappa shape index (κ1) is 17.3. The topological polar surface area (TPSA) is 55.8 Å². The van der Waals surface area contributed by atoms with Gasteiger partial charge in [-0.1, -0.05) is 0 Å². The molecule has 5 heteroatoms. The van der Waals surface area contributed by atoms with Gasteiger partial charge in [-0.3, -0.25) is 9.59 Å². The molecule has 0 radical (unpaired) electrons. The molecule has 23 heavy (non-hydrogen) atoms. The molecule has 0 bridgehead atoms. The number of carbonyl (C=O) groups is 2. The standard InChI is InChI=1S/C18H25NO4/c1-5-23-18(21)14-6-8-19(9-7-14)17(20)15-10-12(2)13(3)11-16(15)22-4/h10-11,14H,5-9H2,1-4H3. The van der Waals surface area contributed by atoms with Crippen molar-refractivity contribution in [3.05, 3.63) is 28.8 Å². The Kier molecular flexibility index (Phi) is 5.64. The van der Waals surface area contributed by atoms with Crippen LogP contribution in [0.15, 0.2) is 12.1 Å². The smallest absolute Gasteiger partial charge is 0.309 e. The minimum Gasteiger partial charge on any atom is -0.496 e. The van der Waals surface area contributed by atoms with Crippen molar-refractivity contribution in [2.75, 3.05) is 26.8 Å². The summed E-state index contributed by atoms with van der Waals surface area (Å²) in [5.74, 6) is 0.321. The lowest BCUT2D eigenvalue weighted by Gasteiger charge is -2.31. The second kappa shape index (κ2) is 7.49. The molecular weight excluding hydrogens is 294 g/mol. The number of methoxy groups -OCH3 is 1. The normalized spacial score (nSPS) is 15.4. The van der Waals surface area contributed by atoms with Crippen LogP contribution in [0.1, 0.15) is 41.3 Å². The third-order valence-electron chi connectivity index (χ3n) is 4.45. The Morgan fingerprint density at radius 2 is 1.78 bits per heavy atom. The van der Waals surface area contributed by atoms with Gasteiger partial charge in [-0.2, -0.15) is 0 Å². The van der Waals surface area contributed by atoms with Gasteiger partial charge in [0.05, 0.1) is 25.2 Å². The van der Waals surface area contributed by atoms with Gasteiger partial charge in [0.25, 0.3) is 5.91 Å². The van der Waals surface area contributed by atoms with E-state index < -0.39 is 0 Å². The van der Waals surface area contributed by atoms with Gasteiger partial charge in [-0.25, -0.2) is 0 Å². The van der Waals surface area contributed by atoms with Crippen LogP contribution in [0.5, 0.6) is 5.75 Å². The van der Waals surface area contributed by atoms with E-state index in [9.17, 15) is 9.59 Å². The van der Waals surface area contributed by atoms with Gasteiger partial charge in [0.1, 0.15) is 5.75 Å². The molecule has 1 heterocycles. The van der Waals surface area contributed by atoms with Gasteiger partial charge >= 0.3 is 5.97 Å². The fourth-order valence-electron chi connectivity index (χ4n) is 2.87. The number of hydrogen-bond donors (Lipinski definition) is 0. The van der Waals surface area contributed by atoms with Crippen molar-refractivity contribution in [1.29, 1.82) is 0 Å². The summed E-state index contributed by atoms with van der Waals surface area (Å²) in [6.45, 7) is 7.33. The molecule has 5 nitrogen and oxygen atoms in total. The Bertz CT molecular complexity index is 589. The number of hydrogen-bond acceptors (Lipinski definition) is 4. The van der Waals surface area contributed by atoms with E-state index in [4.69, 9.17) is 9.47 Å². The van der Waals surface area contributed by atoms with Crippen LogP contribution in [0, 0.1) is 19.8 Å². The van der Waals surface area contributed by atoms with Gasteiger partial charge in [0.2, 0.25) is 0 Å². The molecule has 126 valence electrons. The van der Waals surface area contributed by atoms with Gasteiger partial charge in [-0.15, -0.1) is 0 Å². The summed E-state index contributed by atoms with van der Waals surface area (Å²) in [6.07, 6.45) is 1.30. The van der Waals surface area contributed by atoms with E-state index in [1.165, 1.54) is 0 Å². The van der Waals surface area contributed by atoms with E-state index in [0.29, 0.717) is 43.9 Å². The molecule has 0 N–H and O–H groups in total. The molecule has 0 atom stereocenters. The molecule has 0 spiro atoms. The Labute approximate surface area is 137 Å². The second-order valence-electron chi connectivity index (χ2n) is 5.96. The largest absolute Gasteiger partial charge is 0.496 e. The number of piperidine rings is 1. The number of likely N-dealkylation sites (tertiary alicyclic amines) is 1. The number of rotatable bonds is 4. The Morgan fingerprint density at radius 1 is 1.17 bits per heavy atom. The summed E-state index contributed by atoms with van der Waals surface area (Å²) in [5.41, 5.74) is 2.75. The quantitative estimate of drug-likeness (QED) is 0.801. The third kappa shape index (κ3) is 3.84. The maximum Gasteiger partial charge on any atom is 0.309 e. The van der Waals surface area contributed by atoms with E-state index in [0.717, 1.165) is 11.1 Å². The number of esters is 1. The van der Waals surface area contributed by atoms with Crippen LogP contribution < -0.4 is 4.74 Å². The predicted octanol–water partition coefficient (Wildman–Crippen LogP) is 2.73. The van der Waals surface area contributed by atoms with Crippen LogP contribution in [-0.4, -0.2) is 43.6 Å². The van der Waals surface area contributed by atoms with Crippen LogP contribution in [0.3, 0.4) is 0 Å². The molecule has 1 aliphatic rings.